The summed E-state index contributed by atoms with van der Waals surface area (Å²) in [6.07, 6.45) is 0. The Hall–Kier alpha value is -1.36. The maximum absolute atomic E-state index is 11.9. The fourth-order valence-electron chi connectivity index (χ4n) is 2.39. The molecule has 2 rings (SSSR count). The minimum atomic E-state index is -3.52. The van der Waals surface area contributed by atoms with E-state index in [0.29, 0.717) is 31.9 Å². The highest BCUT2D eigenvalue weighted by atomic mass is 32.2. The summed E-state index contributed by atoms with van der Waals surface area (Å²) in [4.78, 5) is 2.09. The van der Waals surface area contributed by atoms with Crippen molar-refractivity contribution >= 4 is 31.6 Å². The number of piperazine rings is 1. The standard InChI is InChI=1S/C14H24N4O4S2/c1-4-23(19,20)18-11-9-17(10-12-18)14-7-5-13(6-8-14)15-24(21,22)16(2)3/h5-8,15H,4,9-12H2,1-3H3. The number of nitrogens with one attached hydrogen (secondary N) is 1. The van der Waals surface area contributed by atoms with Gasteiger partial charge in [-0.15, -0.1) is 0 Å². The summed E-state index contributed by atoms with van der Waals surface area (Å²) in [6, 6.07) is 7.06. The number of anilines is 2. The van der Waals surface area contributed by atoms with Crippen LogP contribution >= 0.6 is 0 Å². The molecule has 10 heteroatoms. The molecule has 1 aliphatic rings. The predicted molar refractivity (Wildman–Crippen MR) is 95.9 cm³/mol. The van der Waals surface area contributed by atoms with Gasteiger partial charge in [-0.05, 0) is 31.2 Å². The zero-order valence-corrected chi connectivity index (χ0v) is 15.8. The fourth-order valence-corrected chi connectivity index (χ4v) is 4.09. The summed E-state index contributed by atoms with van der Waals surface area (Å²) >= 11 is 0. The summed E-state index contributed by atoms with van der Waals surface area (Å²) in [6.45, 7) is 3.80. The average molecular weight is 377 g/mol. The Labute approximate surface area is 144 Å². The minimum absolute atomic E-state index is 0.119. The zero-order chi connectivity index (χ0) is 18.0. The van der Waals surface area contributed by atoms with E-state index >= 15 is 0 Å². The van der Waals surface area contributed by atoms with Crippen molar-refractivity contribution in [1.29, 1.82) is 0 Å². The molecule has 0 radical (unpaired) electrons. The first kappa shape index (κ1) is 19.0. The van der Waals surface area contributed by atoms with Crippen LogP contribution in [-0.2, 0) is 20.2 Å². The molecule has 0 atom stereocenters. The number of nitrogens with zero attached hydrogens (tertiary/aromatic N) is 3. The topological polar surface area (TPSA) is 90.0 Å². The van der Waals surface area contributed by atoms with Crippen LogP contribution < -0.4 is 9.62 Å². The highest BCUT2D eigenvalue weighted by Crippen LogP contribution is 2.21. The van der Waals surface area contributed by atoms with E-state index < -0.39 is 20.2 Å². The third-order valence-corrected chi connectivity index (χ3v) is 7.29. The van der Waals surface area contributed by atoms with Gasteiger partial charge in [0.05, 0.1) is 5.75 Å². The van der Waals surface area contributed by atoms with Crippen molar-refractivity contribution < 1.29 is 16.8 Å². The van der Waals surface area contributed by atoms with Crippen molar-refractivity contribution in [1.82, 2.24) is 8.61 Å². The minimum Gasteiger partial charge on any atom is -0.369 e. The van der Waals surface area contributed by atoms with Crippen LogP contribution in [0.15, 0.2) is 24.3 Å². The summed E-state index contributed by atoms with van der Waals surface area (Å²) in [5.74, 6) is 0.119. The molecule has 0 bridgehead atoms. The lowest BCUT2D eigenvalue weighted by Gasteiger charge is -2.35. The molecule has 0 saturated carbocycles. The average Bonchev–Trinajstić information content (AvgIpc) is 2.55. The van der Waals surface area contributed by atoms with Gasteiger partial charge in [0.25, 0.3) is 0 Å². The molecule has 24 heavy (non-hydrogen) atoms. The Morgan fingerprint density at radius 1 is 1.00 bits per heavy atom. The van der Waals surface area contributed by atoms with Gasteiger partial charge < -0.3 is 4.90 Å². The summed E-state index contributed by atoms with van der Waals surface area (Å²) in [7, 11) is -3.74. The van der Waals surface area contributed by atoms with E-state index in [-0.39, 0.29) is 5.75 Å². The quantitative estimate of drug-likeness (QED) is 0.775. The monoisotopic (exact) mass is 376 g/mol. The van der Waals surface area contributed by atoms with Crippen molar-refractivity contribution in [3.63, 3.8) is 0 Å². The maximum atomic E-state index is 11.9. The van der Waals surface area contributed by atoms with Crippen LogP contribution in [0.3, 0.4) is 0 Å². The highest BCUT2D eigenvalue weighted by molar-refractivity contribution is 7.90. The zero-order valence-electron chi connectivity index (χ0n) is 14.1. The smallest absolute Gasteiger partial charge is 0.301 e. The van der Waals surface area contributed by atoms with E-state index in [2.05, 4.69) is 9.62 Å². The van der Waals surface area contributed by atoms with E-state index in [0.717, 1.165) is 9.99 Å². The van der Waals surface area contributed by atoms with Crippen LogP contribution in [0, 0.1) is 0 Å². The summed E-state index contributed by atoms with van der Waals surface area (Å²) < 4.78 is 52.4. The molecule has 8 nitrogen and oxygen atoms in total. The fraction of sp³-hybridized carbons (Fsp3) is 0.571. The number of benzene rings is 1. The Balaban J connectivity index is 2.00. The van der Waals surface area contributed by atoms with E-state index in [1.54, 1.807) is 19.1 Å². The second-order valence-electron chi connectivity index (χ2n) is 5.72. The van der Waals surface area contributed by atoms with Crippen LogP contribution in [0.5, 0.6) is 0 Å². The largest absolute Gasteiger partial charge is 0.369 e. The van der Waals surface area contributed by atoms with E-state index in [1.807, 2.05) is 12.1 Å². The van der Waals surface area contributed by atoms with Crippen LogP contribution in [0.4, 0.5) is 11.4 Å². The van der Waals surface area contributed by atoms with Gasteiger partial charge in [-0.1, -0.05) is 0 Å². The molecule has 0 aliphatic carbocycles. The van der Waals surface area contributed by atoms with Gasteiger partial charge in [-0.2, -0.15) is 17.0 Å². The molecular weight excluding hydrogens is 352 g/mol. The van der Waals surface area contributed by atoms with Crippen molar-refractivity contribution in [2.24, 2.45) is 0 Å². The highest BCUT2D eigenvalue weighted by Gasteiger charge is 2.25. The summed E-state index contributed by atoms with van der Waals surface area (Å²) in [5, 5.41) is 0. The second-order valence-corrected chi connectivity index (χ2v) is 9.87. The van der Waals surface area contributed by atoms with E-state index in [9.17, 15) is 16.8 Å². The number of rotatable bonds is 6. The Bertz CT molecular complexity index is 752. The first-order chi connectivity index (χ1) is 11.2. The molecule has 0 aromatic heterocycles. The molecule has 0 spiro atoms. The lowest BCUT2D eigenvalue weighted by atomic mass is 10.2. The van der Waals surface area contributed by atoms with Gasteiger partial charge in [-0.3, -0.25) is 4.72 Å². The van der Waals surface area contributed by atoms with Gasteiger partial charge in [-0.25, -0.2) is 8.42 Å². The first-order valence-corrected chi connectivity index (χ1v) is 10.7. The molecule has 0 amide bonds. The Morgan fingerprint density at radius 2 is 1.54 bits per heavy atom. The maximum Gasteiger partial charge on any atom is 0.301 e. The lowest BCUT2D eigenvalue weighted by molar-refractivity contribution is 0.385. The van der Waals surface area contributed by atoms with E-state index in [4.69, 9.17) is 0 Å². The molecular formula is C14H24N4O4S2. The normalized spacial score (nSPS) is 17.2. The molecule has 1 aromatic rings. The lowest BCUT2D eigenvalue weighted by Crippen LogP contribution is -2.49. The van der Waals surface area contributed by atoms with Gasteiger partial charge in [0, 0.05) is 51.6 Å². The van der Waals surface area contributed by atoms with Crippen molar-refractivity contribution in [2.45, 2.75) is 6.92 Å². The molecule has 1 fully saturated rings. The number of sulfonamides is 1. The van der Waals surface area contributed by atoms with E-state index in [1.165, 1.54) is 18.4 Å². The molecule has 0 unspecified atom stereocenters. The first-order valence-electron chi connectivity index (χ1n) is 7.69. The van der Waals surface area contributed by atoms with Crippen LogP contribution in [0.2, 0.25) is 0 Å². The third-order valence-electron chi connectivity index (χ3n) is 3.96. The third kappa shape index (κ3) is 4.38. The Morgan fingerprint density at radius 3 is 2.00 bits per heavy atom. The van der Waals surface area contributed by atoms with Crippen LogP contribution in [0.1, 0.15) is 6.92 Å². The van der Waals surface area contributed by atoms with Gasteiger partial charge >= 0.3 is 10.2 Å². The summed E-state index contributed by atoms with van der Waals surface area (Å²) in [5.41, 5.74) is 1.43. The number of hydrogen-bond donors (Lipinski definition) is 1. The van der Waals surface area contributed by atoms with Gasteiger partial charge in [0.2, 0.25) is 10.0 Å². The molecule has 1 aliphatic heterocycles. The predicted octanol–water partition coefficient (Wildman–Crippen LogP) is 0.377. The van der Waals surface area contributed by atoms with Gasteiger partial charge in [0.15, 0.2) is 0 Å². The van der Waals surface area contributed by atoms with Gasteiger partial charge in [0.1, 0.15) is 0 Å². The molecule has 1 saturated heterocycles. The molecule has 1 heterocycles. The van der Waals surface area contributed by atoms with Crippen LogP contribution in [0.25, 0.3) is 0 Å². The Kier molecular flexibility index (Phi) is 5.74. The van der Waals surface area contributed by atoms with Crippen molar-refractivity contribution in [3.05, 3.63) is 24.3 Å². The van der Waals surface area contributed by atoms with Crippen molar-refractivity contribution in [3.8, 4) is 0 Å². The molecule has 136 valence electrons. The van der Waals surface area contributed by atoms with Crippen LogP contribution in [-0.4, -0.2) is 71.5 Å². The van der Waals surface area contributed by atoms with Crippen molar-refractivity contribution in [2.75, 3.05) is 55.6 Å². The number of hydrogen-bond acceptors (Lipinski definition) is 5. The molecule has 1 aromatic carbocycles. The second kappa shape index (κ2) is 7.26. The SMILES string of the molecule is CCS(=O)(=O)N1CCN(c2ccc(NS(=O)(=O)N(C)C)cc2)CC1. The molecule has 1 N–H and O–H groups in total.